The molecule has 0 saturated heterocycles. The van der Waals surface area contributed by atoms with E-state index in [1.165, 1.54) is 0 Å². The van der Waals surface area contributed by atoms with Crippen molar-refractivity contribution in [2.75, 3.05) is 0 Å². The van der Waals surface area contributed by atoms with Crippen LogP contribution in [0, 0.1) is 13.8 Å². The van der Waals surface area contributed by atoms with Gasteiger partial charge in [0.25, 0.3) is 0 Å². The van der Waals surface area contributed by atoms with Gasteiger partial charge in [-0.3, -0.25) is 9.59 Å². The van der Waals surface area contributed by atoms with E-state index in [0.29, 0.717) is 11.6 Å². The van der Waals surface area contributed by atoms with Crippen molar-refractivity contribution in [3.05, 3.63) is 69.7 Å². The van der Waals surface area contributed by atoms with Gasteiger partial charge in [-0.05, 0) is 62.4 Å². The van der Waals surface area contributed by atoms with Gasteiger partial charge in [-0.25, -0.2) is 0 Å². The van der Waals surface area contributed by atoms with Crippen LogP contribution in [0.1, 0.15) is 54.9 Å². The number of rotatable bonds is 7. The molecule has 0 bridgehead atoms. The Morgan fingerprint density at radius 1 is 1.10 bits per heavy atom. The summed E-state index contributed by atoms with van der Waals surface area (Å²) >= 11 is 6.01. The van der Waals surface area contributed by atoms with Gasteiger partial charge in [-0.2, -0.15) is 0 Å². The number of aryl methyl sites for hydroxylation is 2. The van der Waals surface area contributed by atoms with E-state index in [2.05, 4.69) is 11.4 Å². The maximum atomic E-state index is 13.4. The fourth-order valence-corrected chi connectivity index (χ4v) is 4.14. The van der Waals surface area contributed by atoms with Crippen molar-refractivity contribution in [3.8, 4) is 0 Å². The van der Waals surface area contributed by atoms with Crippen LogP contribution in [0.3, 0.4) is 0 Å². The number of amides is 2. The number of halogens is 1. The van der Waals surface area contributed by atoms with Crippen LogP contribution in [-0.2, 0) is 22.6 Å². The third-order valence-corrected chi connectivity index (χ3v) is 6.23. The van der Waals surface area contributed by atoms with E-state index in [4.69, 9.17) is 11.6 Å². The van der Waals surface area contributed by atoms with Crippen molar-refractivity contribution in [3.63, 3.8) is 0 Å². The SMILES string of the molecule is Cc1ccc(C)c(CC(=O)N(Cc2ccc(Cl)cc2)[C@H](C)C(=O)NC2CCCC2)c1. The Morgan fingerprint density at radius 2 is 1.77 bits per heavy atom. The van der Waals surface area contributed by atoms with Gasteiger partial charge in [-0.15, -0.1) is 0 Å². The molecule has 4 nitrogen and oxygen atoms in total. The van der Waals surface area contributed by atoms with Crippen LogP contribution < -0.4 is 5.32 Å². The highest BCUT2D eigenvalue weighted by molar-refractivity contribution is 6.30. The molecule has 0 radical (unpaired) electrons. The molecule has 2 aromatic rings. The first-order valence-electron chi connectivity index (χ1n) is 10.7. The third-order valence-electron chi connectivity index (χ3n) is 5.98. The summed E-state index contributed by atoms with van der Waals surface area (Å²) in [6.45, 7) is 6.24. The van der Waals surface area contributed by atoms with Crippen LogP contribution in [0.4, 0.5) is 0 Å². The standard InChI is InChI=1S/C25H31ClN2O2/c1-17-8-9-18(2)21(14-17)15-24(29)28(16-20-10-12-22(26)13-11-20)19(3)25(30)27-23-6-4-5-7-23/h8-14,19,23H,4-7,15-16H2,1-3H3,(H,27,30)/t19-/m1/s1. The summed E-state index contributed by atoms with van der Waals surface area (Å²) in [5.41, 5.74) is 4.17. The average Bonchev–Trinajstić information content (AvgIpc) is 3.22. The lowest BCUT2D eigenvalue weighted by molar-refractivity contribution is -0.140. The predicted molar refractivity (Wildman–Crippen MR) is 121 cm³/mol. The van der Waals surface area contributed by atoms with E-state index >= 15 is 0 Å². The Hall–Kier alpha value is -2.33. The van der Waals surface area contributed by atoms with Gasteiger partial charge in [0, 0.05) is 17.6 Å². The summed E-state index contributed by atoms with van der Waals surface area (Å²) in [5.74, 6) is -0.127. The zero-order valence-corrected chi connectivity index (χ0v) is 18.8. The molecule has 5 heteroatoms. The van der Waals surface area contributed by atoms with Gasteiger partial charge in [0.15, 0.2) is 0 Å². The molecule has 1 aliphatic carbocycles. The van der Waals surface area contributed by atoms with Crippen LogP contribution >= 0.6 is 11.6 Å². The van der Waals surface area contributed by atoms with Gasteiger partial charge in [-0.1, -0.05) is 60.3 Å². The quantitative estimate of drug-likeness (QED) is 0.679. The number of benzene rings is 2. The maximum Gasteiger partial charge on any atom is 0.242 e. The number of nitrogens with zero attached hydrogens (tertiary/aromatic N) is 1. The lowest BCUT2D eigenvalue weighted by Crippen LogP contribution is -2.50. The third kappa shape index (κ3) is 5.85. The number of nitrogens with one attached hydrogen (secondary N) is 1. The molecule has 2 aromatic carbocycles. The van der Waals surface area contributed by atoms with E-state index in [1.54, 1.807) is 4.90 Å². The molecule has 1 fully saturated rings. The van der Waals surface area contributed by atoms with Crippen molar-refractivity contribution < 1.29 is 9.59 Å². The minimum atomic E-state index is -0.543. The Labute approximate surface area is 184 Å². The van der Waals surface area contributed by atoms with Crippen molar-refractivity contribution in [1.29, 1.82) is 0 Å². The van der Waals surface area contributed by atoms with Gasteiger partial charge in [0.2, 0.25) is 11.8 Å². The van der Waals surface area contributed by atoms with Crippen LogP contribution in [0.15, 0.2) is 42.5 Å². The second-order valence-corrected chi connectivity index (χ2v) is 8.86. The second kappa shape index (κ2) is 10.1. The van der Waals surface area contributed by atoms with E-state index < -0.39 is 6.04 Å². The van der Waals surface area contributed by atoms with Crippen molar-refractivity contribution >= 4 is 23.4 Å². The van der Waals surface area contributed by atoms with E-state index in [-0.39, 0.29) is 24.3 Å². The summed E-state index contributed by atoms with van der Waals surface area (Å²) < 4.78 is 0. The lowest BCUT2D eigenvalue weighted by atomic mass is 10.0. The number of carbonyl (C=O) groups is 2. The Balaban J connectivity index is 1.79. The number of hydrogen-bond donors (Lipinski definition) is 1. The van der Waals surface area contributed by atoms with Gasteiger partial charge < -0.3 is 10.2 Å². The first-order chi connectivity index (χ1) is 14.3. The molecular formula is C25H31ClN2O2. The first-order valence-corrected chi connectivity index (χ1v) is 11.1. The van der Waals surface area contributed by atoms with Crippen molar-refractivity contribution in [2.24, 2.45) is 0 Å². The molecule has 1 atom stereocenters. The Morgan fingerprint density at radius 3 is 2.43 bits per heavy atom. The number of hydrogen-bond acceptors (Lipinski definition) is 2. The van der Waals surface area contributed by atoms with Crippen LogP contribution in [0.5, 0.6) is 0 Å². The molecule has 1 saturated carbocycles. The highest BCUT2D eigenvalue weighted by Gasteiger charge is 2.28. The molecular weight excluding hydrogens is 396 g/mol. The Bertz CT molecular complexity index is 889. The summed E-state index contributed by atoms with van der Waals surface area (Å²) in [7, 11) is 0. The maximum absolute atomic E-state index is 13.4. The largest absolute Gasteiger partial charge is 0.352 e. The smallest absolute Gasteiger partial charge is 0.242 e. The van der Waals surface area contributed by atoms with E-state index in [0.717, 1.165) is 47.9 Å². The van der Waals surface area contributed by atoms with Crippen LogP contribution in [0.25, 0.3) is 0 Å². The molecule has 0 heterocycles. The summed E-state index contributed by atoms with van der Waals surface area (Å²) in [4.78, 5) is 28.0. The summed E-state index contributed by atoms with van der Waals surface area (Å²) in [6.07, 6.45) is 4.62. The molecule has 1 aliphatic rings. The normalized spacial score (nSPS) is 15.1. The van der Waals surface area contributed by atoms with Crippen molar-refractivity contribution in [2.45, 2.75) is 71.5 Å². The fourth-order valence-electron chi connectivity index (χ4n) is 4.02. The van der Waals surface area contributed by atoms with E-state index in [9.17, 15) is 9.59 Å². The van der Waals surface area contributed by atoms with Gasteiger partial charge >= 0.3 is 0 Å². The summed E-state index contributed by atoms with van der Waals surface area (Å²) in [5, 5.41) is 3.79. The molecule has 2 amide bonds. The zero-order valence-electron chi connectivity index (χ0n) is 18.1. The fraction of sp³-hybridized carbons (Fsp3) is 0.440. The highest BCUT2D eigenvalue weighted by atomic mass is 35.5. The predicted octanol–water partition coefficient (Wildman–Crippen LogP) is 4.98. The van der Waals surface area contributed by atoms with Crippen LogP contribution in [-0.4, -0.2) is 28.8 Å². The van der Waals surface area contributed by atoms with Gasteiger partial charge in [0.05, 0.1) is 6.42 Å². The molecule has 0 aromatic heterocycles. The van der Waals surface area contributed by atoms with Crippen LogP contribution in [0.2, 0.25) is 5.02 Å². The number of carbonyl (C=O) groups excluding carboxylic acids is 2. The summed E-state index contributed by atoms with van der Waals surface area (Å²) in [6, 6.07) is 13.3. The monoisotopic (exact) mass is 426 g/mol. The molecule has 160 valence electrons. The van der Waals surface area contributed by atoms with E-state index in [1.807, 2.05) is 57.2 Å². The minimum Gasteiger partial charge on any atom is -0.352 e. The zero-order chi connectivity index (χ0) is 21.7. The first kappa shape index (κ1) is 22.4. The highest BCUT2D eigenvalue weighted by Crippen LogP contribution is 2.20. The average molecular weight is 427 g/mol. The molecule has 3 rings (SSSR count). The minimum absolute atomic E-state index is 0.0484. The molecule has 1 N–H and O–H groups in total. The molecule has 30 heavy (non-hydrogen) atoms. The molecule has 0 spiro atoms. The second-order valence-electron chi connectivity index (χ2n) is 8.42. The lowest BCUT2D eigenvalue weighted by Gasteiger charge is -2.30. The molecule has 0 unspecified atom stereocenters. The Kier molecular flexibility index (Phi) is 7.54. The molecule has 0 aliphatic heterocycles. The van der Waals surface area contributed by atoms with Crippen molar-refractivity contribution in [1.82, 2.24) is 10.2 Å². The topological polar surface area (TPSA) is 49.4 Å². The van der Waals surface area contributed by atoms with Gasteiger partial charge in [0.1, 0.15) is 6.04 Å².